The zero-order valence-corrected chi connectivity index (χ0v) is 44.4. The molecule has 5 aliphatic rings. The second-order valence-electron chi connectivity index (χ2n) is 21.1. The molecule has 0 radical (unpaired) electrons. The lowest BCUT2D eigenvalue weighted by atomic mass is 9.34. The first-order valence-corrected chi connectivity index (χ1v) is 27.8. The number of amidine groups is 3. The van der Waals surface area contributed by atoms with Crippen LogP contribution in [0, 0.1) is 0 Å². The second kappa shape index (κ2) is 18.7. The van der Waals surface area contributed by atoms with Crippen molar-refractivity contribution in [3.8, 4) is 50.6 Å². The van der Waals surface area contributed by atoms with Gasteiger partial charge in [-0.15, -0.1) is 0 Å². The van der Waals surface area contributed by atoms with E-state index >= 15 is 0 Å². The average molecular weight is 1060 g/mol. The number of ether oxygens (including phenoxy) is 1. The number of hydrogen-bond acceptors (Lipinski definition) is 9. The molecule has 10 nitrogen and oxygen atoms in total. The fourth-order valence-corrected chi connectivity index (χ4v) is 12.6. The largest absolute Gasteiger partial charge is 0.458 e. The van der Waals surface area contributed by atoms with E-state index in [-0.39, 0.29) is 6.71 Å². The number of guanidine groups is 3. The monoisotopic (exact) mass is 1060 g/mol. The maximum atomic E-state index is 7.71. The number of anilines is 3. The normalized spacial score (nSPS) is 14.5. The van der Waals surface area contributed by atoms with Crippen molar-refractivity contribution in [3.63, 3.8) is 0 Å². The standard InChI is InChI=1S/C72H44BN9O/c1-6-20-45(21-7-1)46-34-37-52(38-35-46)80-61-41-36-51(69-78-71-76-67(49-26-12-4-13-27-49)74-70-75-68(50-28-14-5-15-29-50)77-72(79-69)82(70)71)42-58(61)73-57-40-39-53(81-59-32-18-16-30-54(59)55-31-17-19-33-60(55)81)43-63(57)83-66-64(48-24-10-3-11-25-48)56(44-62(80)65(66)73)47-22-8-2-9-23-47/h1-44H. The highest BCUT2D eigenvalue weighted by molar-refractivity contribution is 6.99. The molecule has 0 spiro atoms. The van der Waals surface area contributed by atoms with Crippen LogP contribution in [-0.2, 0) is 0 Å². The molecule has 0 amide bonds. The van der Waals surface area contributed by atoms with Crippen molar-refractivity contribution < 1.29 is 4.74 Å². The Balaban J connectivity index is 0.924. The third kappa shape index (κ3) is 7.52. The van der Waals surface area contributed by atoms with Gasteiger partial charge in [0.15, 0.2) is 17.5 Å². The summed E-state index contributed by atoms with van der Waals surface area (Å²) >= 11 is 0. The Hall–Kier alpha value is -11.3. The van der Waals surface area contributed by atoms with Gasteiger partial charge >= 0.3 is 0 Å². The highest BCUT2D eigenvalue weighted by atomic mass is 16.5. The molecule has 0 unspecified atom stereocenters. The zero-order valence-electron chi connectivity index (χ0n) is 44.4. The molecule has 1 aromatic heterocycles. The van der Waals surface area contributed by atoms with Crippen LogP contribution in [-0.4, -0.2) is 51.6 Å². The van der Waals surface area contributed by atoms with Crippen LogP contribution in [0.1, 0.15) is 16.7 Å². The van der Waals surface area contributed by atoms with Gasteiger partial charge in [0.1, 0.15) is 11.5 Å². The molecular formula is C72H44BN9O. The Morgan fingerprint density at radius 1 is 0.325 bits per heavy atom. The van der Waals surface area contributed by atoms with Crippen LogP contribution in [0.25, 0.3) is 60.9 Å². The smallest absolute Gasteiger partial charge is 0.256 e. The topological polar surface area (TPSA) is 94.8 Å². The summed E-state index contributed by atoms with van der Waals surface area (Å²) in [5.74, 6) is 4.21. The first-order chi connectivity index (χ1) is 41.1. The van der Waals surface area contributed by atoms with E-state index in [0.29, 0.717) is 35.4 Å². The predicted molar refractivity (Wildman–Crippen MR) is 340 cm³/mol. The fraction of sp³-hybridized carbons (Fsp3) is 0. The first-order valence-electron chi connectivity index (χ1n) is 27.8. The Morgan fingerprint density at radius 3 is 1.37 bits per heavy atom. The Bertz CT molecular complexity index is 4770. The van der Waals surface area contributed by atoms with Gasteiger partial charge in [0.25, 0.3) is 6.71 Å². The van der Waals surface area contributed by atoms with E-state index in [9.17, 15) is 0 Å². The van der Waals surface area contributed by atoms with Crippen molar-refractivity contribution in [1.29, 1.82) is 0 Å². The molecular weight excluding hydrogens is 1020 g/mol. The number of aliphatic imine (C=N–C) groups is 6. The molecule has 5 aliphatic heterocycles. The van der Waals surface area contributed by atoms with Crippen molar-refractivity contribution >= 4 is 97.4 Å². The van der Waals surface area contributed by atoms with Crippen molar-refractivity contribution in [2.75, 3.05) is 4.90 Å². The van der Waals surface area contributed by atoms with Crippen molar-refractivity contribution in [2.45, 2.75) is 0 Å². The molecule has 0 atom stereocenters. The molecule has 0 fully saturated rings. The summed E-state index contributed by atoms with van der Waals surface area (Å²) in [5.41, 5.74) is 18.5. The van der Waals surface area contributed by atoms with Crippen molar-refractivity contribution in [1.82, 2.24) is 9.47 Å². The maximum absolute atomic E-state index is 7.71. The number of hydrogen-bond donors (Lipinski definition) is 0. The van der Waals surface area contributed by atoms with Crippen LogP contribution in [0.3, 0.4) is 0 Å². The van der Waals surface area contributed by atoms with E-state index in [1.165, 1.54) is 10.8 Å². The molecule has 6 heterocycles. The Morgan fingerprint density at radius 2 is 0.795 bits per heavy atom. The third-order valence-corrected chi connectivity index (χ3v) is 16.3. The molecule has 0 aliphatic carbocycles. The summed E-state index contributed by atoms with van der Waals surface area (Å²) in [6.07, 6.45) is 0. The van der Waals surface area contributed by atoms with E-state index in [1.807, 2.05) is 60.7 Å². The van der Waals surface area contributed by atoms with E-state index in [1.54, 1.807) is 4.90 Å². The summed E-state index contributed by atoms with van der Waals surface area (Å²) < 4.78 is 10.1. The quantitative estimate of drug-likeness (QED) is 0.142. The molecule has 17 rings (SSSR count). The summed E-state index contributed by atoms with van der Waals surface area (Å²) in [6.45, 7) is -0.314. The van der Waals surface area contributed by atoms with Gasteiger partial charge in [-0.2, -0.15) is 30.0 Å². The Labute approximate surface area is 478 Å². The number of nitrogens with zero attached hydrogens (tertiary/aromatic N) is 9. The van der Waals surface area contributed by atoms with Gasteiger partial charge in [0, 0.05) is 61.8 Å². The van der Waals surface area contributed by atoms with E-state index < -0.39 is 0 Å². The van der Waals surface area contributed by atoms with Crippen LogP contribution >= 0.6 is 0 Å². The fourth-order valence-electron chi connectivity index (χ4n) is 12.6. The molecule has 11 heteroatoms. The molecule has 0 N–H and O–H groups in total. The van der Waals surface area contributed by atoms with E-state index in [0.717, 1.165) is 112 Å². The predicted octanol–water partition coefficient (Wildman–Crippen LogP) is 14.2. The van der Waals surface area contributed by atoms with Gasteiger partial charge in [-0.05, 0) is 92.7 Å². The number of benzene rings is 11. The lowest BCUT2D eigenvalue weighted by Crippen LogP contribution is -2.59. The number of rotatable bonds is 8. The lowest BCUT2D eigenvalue weighted by molar-refractivity contribution is 0.489. The molecule has 83 heavy (non-hydrogen) atoms. The van der Waals surface area contributed by atoms with Crippen molar-refractivity contribution in [2.24, 2.45) is 30.0 Å². The van der Waals surface area contributed by atoms with Crippen LogP contribution in [0.5, 0.6) is 11.5 Å². The average Bonchev–Trinajstić information content (AvgIpc) is 2.10. The van der Waals surface area contributed by atoms with Gasteiger partial charge < -0.3 is 14.2 Å². The van der Waals surface area contributed by atoms with E-state index in [2.05, 4.69) is 216 Å². The summed E-state index contributed by atoms with van der Waals surface area (Å²) in [4.78, 5) is 34.9. The highest BCUT2D eigenvalue weighted by Crippen LogP contribution is 2.49. The SMILES string of the molecule is c1ccc(C2=NC3=NC(c4ccccc4)=NC4=NC(c5ccc6c(c5)B5c7ccc(-n8c9ccccc9c9ccccc98)cc7Oc7c5c(cc(-c5ccccc5)c7-c5ccccc5)N6c5ccc(-c6ccccc6)cc5)=NC(=N2)N34)cc1. The second-order valence-corrected chi connectivity index (χ2v) is 21.1. The number of para-hydroxylation sites is 2. The van der Waals surface area contributed by atoms with Gasteiger partial charge in [0.05, 0.1) is 11.0 Å². The van der Waals surface area contributed by atoms with Gasteiger partial charge in [-0.1, -0.05) is 212 Å². The zero-order chi connectivity index (χ0) is 54.5. The lowest BCUT2D eigenvalue weighted by Gasteiger charge is -2.41. The van der Waals surface area contributed by atoms with Gasteiger partial charge in [0.2, 0.25) is 17.9 Å². The maximum Gasteiger partial charge on any atom is 0.256 e. The number of aromatic nitrogens is 1. The van der Waals surface area contributed by atoms with Crippen LogP contribution in [0.15, 0.2) is 297 Å². The van der Waals surface area contributed by atoms with Crippen molar-refractivity contribution in [3.05, 3.63) is 284 Å². The molecule has 386 valence electrons. The third-order valence-electron chi connectivity index (χ3n) is 16.3. The Kier molecular flexibility index (Phi) is 10.5. The summed E-state index contributed by atoms with van der Waals surface area (Å²) in [5, 5.41) is 2.39. The molecule has 0 bridgehead atoms. The molecule has 0 saturated heterocycles. The minimum atomic E-state index is -0.314. The van der Waals surface area contributed by atoms with Gasteiger partial charge in [-0.25, -0.2) is 4.90 Å². The summed E-state index contributed by atoms with van der Waals surface area (Å²) in [6, 6.07) is 93.8. The molecule has 0 saturated carbocycles. The molecule has 12 aromatic rings. The minimum absolute atomic E-state index is 0.314. The summed E-state index contributed by atoms with van der Waals surface area (Å²) in [7, 11) is 0. The van der Waals surface area contributed by atoms with Gasteiger partial charge in [-0.3, -0.25) is 0 Å². The number of fused-ring (bicyclic) bond motifs is 7. The first kappa shape index (κ1) is 46.6. The van der Waals surface area contributed by atoms with Crippen LogP contribution in [0.4, 0.5) is 17.1 Å². The van der Waals surface area contributed by atoms with Crippen LogP contribution < -0.4 is 26.0 Å². The van der Waals surface area contributed by atoms with E-state index in [4.69, 9.17) is 34.7 Å². The molecule has 11 aromatic carbocycles. The van der Waals surface area contributed by atoms with Crippen LogP contribution in [0.2, 0.25) is 0 Å². The minimum Gasteiger partial charge on any atom is -0.458 e. The highest BCUT2D eigenvalue weighted by Gasteiger charge is 2.45.